The number of halogens is 2. The van der Waals surface area contributed by atoms with E-state index in [2.05, 4.69) is 9.97 Å². The van der Waals surface area contributed by atoms with Crippen LogP contribution >= 0.6 is 11.8 Å². The molecule has 1 aromatic carbocycles. The number of thioether (sulfide) groups is 1. The molecule has 33 heavy (non-hydrogen) atoms. The van der Waals surface area contributed by atoms with E-state index in [0.717, 1.165) is 22.9 Å². The van der Waals surface area contributed by atoms with E-state index < -0.39 is 11.9 Å². The summed E-state index contributed by atoms with van der Waals surface area (Å²) in [4.78, 5) is 7.81. The number of hydrogen-bond donors (Lipinski definition) is 2. The summed E-state index contributed by atoms with van der Waals surface area (Å²) in [6.45, 7) is 2.10. The number of ether oxygens (including phenoxy) is 2. The maximum atomic E-state index is 15.1. The molecule has 1 aliphatic heterocycles. The van der Waals surface area contributed by atoms with Gasteiger partial charge in [-0.2, -0.15) is 8.78 Å². The molecule has 9 heteroatoms. The minimum absolute atomic E-state index is 0.0357. The van der Waals surface area contributed by atoms with Gasteiger partial charge in [0.1, 0.15) is 5.75 Å². The van der Waals surface area contributed by atoms with Gasteiger partial charge in [0.25, 0.3) is 5.95 Å². The monoisotopic (exact) mass is 468 g/mol. The summed E-state index contributed by atoms with van der Waals surface area (Å²) in [5.74, 6) is -0.831. The smallest absolute Gasteiger partial charge is 0.256 e. The Kier molecular flexibility index (Phi) is 6.71. The van der Waals surface area contributed by atoms with E-state index in [4.69, 9.17) is 20.6 Å². The quantitative estimate of drug-likeness (QED) is 0.288. The number of nitrogens with zero attached hydrogens (tertiary/aromatic N) is 2. The van der Waals surface area contributed by atoms with Crippen molar-refractivity contribution in [1.82, 2.24) is 9.97 Å². The standard InChI is InChI=1S/C24H22F2N4O2S/c1-3-13(11-31-2)19-10-17-18(12-33-24(27)28)16-9-14(15-5-4-8-29-22(15)25)6-7-20(16)32-21(17)23(26)30-19/h3-10,18H,11-12H2,1-2H3,(H3,27,28)/b13-3+. The van der Waals surface area contributed by atoms with Gasteiger partial charge in [0.05, 0.1) is 12.3 Å². The third-order valence-electron chi connectivity index (χ3n) is 5.39. The van der Waals surface area contributed by atoms with Gasteiger partial charge >= 0.3 is 0 Å². The Bertz CT molecular complexity index is 1250. The summed E-state index contributed by atoms with van der Waals surface area (Å²) >= 11 is 1.14. The predicted molar refractivity (Wildman–Crippen MR) is 126 cm³/mol. The zero-order chi connectivity index (χ0) is 23.5. The van der Waals surface area contributed by atoms with Crippen LogP contribution in [0.2, 0.25) is 0 Å². The van der Waals surface area contributed by atoms with Gasteiger partial charge in [0.15, 0.2) is 10.9 Å². The van der Waals surface area contributed by atoms with Crippen LogP contribution in [0.4, 0.5) is 8.78 Å². The van der Waals surface area contributed by atoms with Crippen molar-refractivity contribution in [2.75, 3.05) is 19.5 Å². The highest BCUT2D eigenvalue weighted by Crippen LogP contribution is 2.48. The fourth-order valence-electron chi connectivity index (χ4n) is 3.82. The van der Waals surface area contributed by atoms with Gasteiger partial charge in [-0.3, -0.25) is 5.41 Å². The summed E-state index contributed by atoms with van der Waals surface area (Å²) in [7, 11) is 1.56. The van der Waals surface area contributed by atoms with Crippen molar-refractivity contribution >= 4 is 22.5 Å². The Morgan fingerprint density at radius 2 is 2.06 bits per heavy atom. The maximum Gasteiger partial charge on any atom is 0.256 e. The van der Waals surface area contributed by atoms with E-state index in [1.807, 2.05) is 19.1 Å². The van der Waals surface area contributed by atoms with Crippen LogP contribution in [-0.4, -0.2) is 34.6 Å². The molecule has 0 amide bonds. The summed E-state index contributed by atoms with van der Waals surface area (Å²) < 4.78 is 40.6. The van der Waals surface area contributed by atoms with Crippen LogP contribution in [0.25, 0.3) is 16.7 Å². The van der Waals surface area contributed by atoms with Crippen molar-refractivity contribution in [2.24, 2.45) is 5.73 Å². The van der Waals surface area contributed by atoms with Gasteiger partial charge < -0.3 is 15.2 Å². The van der Waals surface area contributed by atoms with Crippen LogP contribution in [0.1, 0.15) is 29.7 Å². The van der Waals surface area contributed by atoms with Gasteiger partial charge in [-0.25, -0.2) is 9.97 Å². The van der Waals surface area contributed by atoms with Gasteiger partial charge in [0.2, 0.25) is 5.95 Å². The molecule has 4 rings (SSSR count). The normalized spacial score (nSPS) is 14.9. The molecule has 0 bridgehead atoms. The first-order valence-corrected chi connectivity index (χ1v) is 11.2. The van der Waals surface area contributed by atoms with E-state index >= 15 is 4.39 Å². The van der Waals surface area contributed by atoms with Gasteiger partial charge in [-0.05, 0) is 48.4 Å². The Hall–Kier alpha value is -3.30. The van der Waals surface area contributed by atoms with E-state index in [1.54, 1.807) is 37.4 Å². The summed E-state index contributed by atoms with van der Waals surface area (Å²) in [6.07, 6.45) is 3.21. The highest BCUT2D eigenvalue weighted by molar-refractivity contribution is 8.13. The van der Waals surface area contributed by atoms with Crippen molar-refractivity contribution in [3.05, 3.63) is 77.4 Å². The Morgan fingerprint density at radius 1 is 1.24 bits per heavy atom. The minimum Gasteiger partial charge on any atom is -0.452 e. The maximum absolute atomic E-state index is 15.1. The van der Waals surface area contributed by atoms with Crippen LogP contribution in [-0.2, 0) is 4.74 Å². The Labute approximate surface area is 194 Å². The molecule has 6 nitrogen and oxygen atoms in total. The van der Waals surface area contributed by atoms with Crippen molar-refractivity contribution in [3.63, 3.8) is 0 Å². The fraction of sp³-hybridized carbons (Fsp3) is 0.208. The first-order chi connectivity index (χ1) is 15.9. The number of nitrogens with one attached hydrogen (secondary N) is 1. The van der Waals surface area contributed by atoms with E-state index in [9.17, 15) is 4.39 Å². The van der Waals surface area contributed by atoms with Gasteiger partial charge in [-0.1, -0.05) is 23.9 Å². The van der Waals surface area contributed by atoms with Crippen LogP contribution < -0.4 is 10.5 Å². The van der Waals surface area contributed by atoms with Crippen molar-refractivity contribution in [3.8, 4) is 22.6 Å². The zero-order valence-corrected chi connectivity index (χ0v) is 18.9. The molecule has 0 fully saturated rings. The average Bonchev–Trinajstić information content (AvgIpc) is 2.80. The number of aromatic nitrogens is 2. The zero-order valence-electron chi connectivity index (χ0n) is 18.1. The molecular formula is C24H22F2N4O2S. The van der Waals surface area contributed by atoms with Gasteiger partial charge in [0, 0.05) is 41.7 Å². The molecule has 0 radical (unpaired) electrons. The molecule has 1 atom stereocenters. The fourth-order valence-corrected chi connectivity index (χ4v) is 4.52. The average molecular weight is 469 g/mol. The number of fused-ring (bicyclic) bond motifs is 2. The molecule has 2 aromatic heterocycles. The van der Waals surface area contributed by atoms with Crippen LogP contribution in [0.15, 0.2) is 48.7 Å². The number of allylic oxidation sites excluding steroid dienone is 1. The second-order valence-corrected chi connectivity index (χ2v) is 8.45. The summed E-state index contributed by atoms with van der Waals surface area (Å²) in [5.41, 5.74) is 9.06. The first-order valence-electron chi connectivity index (χ1n) is 10.2. The molecule has 3 N–H and O–H groups in total. The Balaban J connectivity index is 1.86. The lowest BCUT2D eigenvalue weighted by Gasteiger charge is -2.29. The molecule has 3 heterocycles. The van der Waals surface area contributed by atoms with Crippen LogP contribution in [0.5, 0.6) is 11.5 Å². The summed E-state index contributed by atoms with van der Waals surface area (Å²) in [5, 5.41) is 7.61. The van der Waals surface area contributed by atoms with Crippen molar-refractivity contribution in [1.29, 1.82) is 5.41 Å². The van der Waals surface area contributed by atoms with E-state index in [1.165, 1.54) is 6.20 Å². The number of methoxy groups -OCH3 is 1. The minimum atomic E-state index is -0.733. The molecule has 3 aromatic rings. The van der Waals surface area contributed by atoms with Crippen molar-refractivity contribution < 1.29 is 18.3 Å². The molecule has 0 saturated heterocycles. The molecule has 0 aliphatic carbocycles. The second kappa shape index (κ2) is 9.68. The number of hydrogen-bond acceptors (Lipinski definition) is 6. The third kappa shape index (κ3) is 4.60. The second-order valence-electron chi connectivity index (χ2n) is 7.39. The third-order valence-corrected chi connectivity index (χ3v) is 6.20. The first kappa shape index (κ1) is 22.9. The molecule has 0 spiro atoms. The molecular weight excluding hydrogens is 446 g/mol. The van der Waals surface area contributed by atoms with E-state index in [-0.39, 0.29) is 23.4 Å². The Morgan fingerprint density at radius 3 is 2.76 bits per heavy atom. The lowest BCUT2D eigenvalue weighted by molar-refractivity contribution is 0.239. The molecule has 1 unspecified atom stereocenters. The van der Waals surface area contributed by atoms with Crippen LogP contribution in [0.3, 0.4) is 0 Å². The topological polar surface area (TPSA) is 94.1 Å². The molecule has 0 saturated carbocycles. The number of nitrogens with two attached hydrogens (primary N) is 1. The largest absolute Gasteiger partial charge is 0.452 e. The number of benzene rings is 1. The summed E-state index contributed by atoms with van der Waals surface area (Å²) in [6, 6.07) is 10.3. The number of rotatable bonds is 6. The lowest BCUT2D eigenvalue weighted by atomic mass is 9.87. The number of amidine groups is 1. The van der Waals surface area contributed by atoms with Crippen LogP contribution in [0, 0.1) is 17.3 Å². The lowest BCUT2D eigenvalue weighted by Crippen LogP contribution is -2.17. The van der Waals surface area contributed by atoms with Gasteiger partial charge in [-0.15, -0.1) is 0 Å². The van der Waals surface area contributed by atoms with E-state index in [0.29, 0.717) is 33.9 Å². The van der Waals surface area contributed by atoms with Crippen molar-refractivity contribution in [2.45, 2.75) is 12.8 Å². The molecule has 170 valence electrons. The highest BCUT2D eigenvalue weighted by Gasteiger charge is 2.32. The number of pyridine rings is 2. The predicted octanol–water partition coefficient (Wildman–Crippen LogP) is 5.34. The molecule has 1 aliphatic rings. The highest BCUT2D eigenvalue weighted by atomic mass is 32.2. The SMILES string of the molecule is C/C=C(\COC)c1cc2c(c(F)n1)Oc1ccc(-c3cccnc3F)cc1C2CSC(=N)N.